The Labute approximate surface area is 135 Å². The molecule has 6 heteroatoms. The summed E-state index contributed by atoms with van der Waals surface area (Å²) in [5, 5.41) is 8.14. The van der Waals surface area contributed by atoms with Crippen molar-refractivity contribution in [3.8, 4) is 0 Å². The van der Waals surface area contributed by atoms with Gasteiger partial charge in [-0.1, -0.05) is 12.1 Å². The fourth-order valence-corrected chi connectivity index (χ4v) is 1.90. The quantitative estimate of drug-likeness (QED) is 0.811. The number of urea groups is 1. The second kappa shape index (κ2) is 7.40. The summed E-state index contributed by atoms with van der Waals surface area (Å²) in [6.45, 7) is 5.67. The molecule has 3 amide bonds. The van der Waals surface area contributed by atoms with Crippen LogP contribution in [0.4, 0.5) is 16.3 Å². The van der Waals surface area contributed by atoms with Gasteiger partial charge >= 0.3 is 6.03 Å². The zero-order chi connectivity index (χ0) is 16.8. The lowest BCUT2D eigenvalue weighted by molar-refractivity contribution is 0.102. The molecule has 0 saturated carbocycles. The lowest BCUT2D eigenvalue weighted by Gasteiger charge is -2.11. The van der Waals surface area contributed by atoms with Crippen LogP contribution in [0, 0.1) is 6.92 Å². The van der Waals surface area contributed by atoms with E-state index in [1.807, 2.05) is 26.8 Å². The molecule has 120 valence electrons. The summed E-state index contributed by atoms with van der Waals surface area (Å²) in [7, 11) is 0. The number of amides is 3. The maximum Gasteiger partial charge on any atom is 0.319 e. The van der Waals surface area contributed by atoms with E-state index in [0.29, 0.717) is 17.1 Å². The molecule has 0 aliphatic rings. The van der Waals surface area contributed by atoms with E-state index < -0.39 is 0 Å². The Morgan fingerprint density at radius 1 is 1.09 bits per heavy atom. The standard InChI is InChI=1S/C17H20N4O2/c1-11(2)19-17(23)20-14-6-4-5-13(9-14)16(22)21-15-8-7-12(3)10-18-15/h4-11H,1-3H3,(H,18,21,22)(H2,19,20,23). The second-order valence-corrected chi connectivity index (χ2v) is 5.51. The van der Waals surface area contributed by atoms with Crippen molar-refractivity contribution in [1.82, 2.24) is 10.3 Å². The van der Waals surface area contributed by atoms with E-state index in [9.17, 15) is 9.59 Å². The number of carbonyl (C=O) groups excluding carboxylic acids is 2. The number of nitrogens with one attached hydrogen (secondary N) is 3. The minimum absolute atomic E-state index is 0.0362. The van der Waals surface area contributed by atoms with Crippen LogP contribution < -0.4 is 16.0 Å². The van der Waals surface area contributed by atoms with Crippen LogP contribution in [-0.4, -0.2) is 23.0 Å². The largest absolute Gasteiger partial charge is 0.336 e. The van der Waals surface area contributed by atoms with Gasteiger partial charge in [-0.15, -0.1) is 0 Å². The number of nitrogens with zero attached hydrogens (tertiary/aromatic N) is 1. The van der Waals surface area contributed by atoms with Crippen LogP contribution in [0.1, 0.15) is 29.8 Å². The van der Waals surface area contributed by atoms with Gasteiger partial charge in [0.15, 0.2) is 0 Å². The third kappa shape index (κ3) is 5.10. The van der Waals surface area contributed by atoms with E-state index in [1.54, 1.807) is 36.5 Å². The molecule has 0 bridgehead atoms. The summed E-state index contributed by atoms with van der Waals surface area (Å²) < 4.78 is 0. The maximum absolute atomic E-state index is 12.2. The number of hydrogen-bond donors (Lipinski definition) is 3. The van der Waals surface area contributed by atoms with Gasteiger partial charge in [-0.05, 0) is 50.6 Å². The average Bonchev–Trinajstić information content (AvgIpc) is 2.49. The predicted molar refractivity (Wildman–Crippen MR) is 90.7 cm³/mol. The van der Waals surface area contributed by atoms with E-state index in [-0.39, 0.29) is 18.0 Å². The van der Waals surface area contributed by atoms with Crippen molar-refractivity contribution in [2.45, 2.75) is 26.8 Å². The second-order valence-electron chi connectivity index (χ2n) is 5.51. The van der Waals surface area contributed by atoms with E-state index in [2.05, 4.69) is 20.9 Å². The summed E-state index contributed by atoms with van der Waals surface area (Å²) >= 11 is 0. The molecule has 2 aromatic rings. The first-order valence-corrected chi connectivity index (χ1v) is 7.35. The molecule has 23 heavy (non-hydrogen) atoms. The molecule has 1 aromatic carbocycles. The van der Waals surface area contributed by atoms with Crippen molar-refractivity contribution in [2.24, 2.45) is 0 Å². The first-order valence-electron chi connectivity index (χ1n) is 7.35. The molecule has 2 rings (SSSR count). The van der Waals surface area contributed by atoms with Crippen molar-refractivity contribution in [1.29, 1.82) is 0 Å². The first kappa shape index (κ1) is 16.5. The van der Waals surface area contributed by atoms with Gasteiger partial charge in [0.25, 0.3) is 5.91 Å². The molecule has 0 fully saturated rings. The van der Waals surface area contributed by atoms with Gasteiger partial charge in [-0.2, -0.15) is 0 Å². The summed E-state index contributed by atoms with van der Waals surface area (Å²) in [6, 6.07) is 10.1. The Balaban J connectivity index is 2.05. The van der Waals surface area contributed by atoms with Crippen LogP contribution >= 0.6 is 0 Å². The highest BCUT2D eigenvalue weighted by atomic mass is 16.2. The molecule has 6 nitrogen and oxygen atoms in total. The fraction of sp³-hybridized carbons (Fsp3) is 0.235. The zero-order valence-electron chi connectivity index (χ0n) is 13.4. The maximum atomic E-state index is 12.2. The fourth-order valence-electron chi connectivity index (χ4n) is 1.90. The smallest absolute Gasteiger partial charge is 0.319 e. The Hall–Kier alpha value is -2.89. The lowest BCUT2D eigenvalue weighted by Crippen LogP contribution is -2.34. The molecule has 0 atom stereocenters. The van der Waals surface area contributed by atoms with Crippen molar-refractivity contribution in [3.63, 3.8) is 0 Å². The lowest BCUT2D eigenvalue weighted by atomic mass is 10.2. The van der Waals surface area contributed by atoms with Crippen molar-refractivity contribution >= 4 is 23.4 Å². The summed E-state index contributed by atoms with van der Waals surface area (Å²) in [4.78, 5) is 28.1. The van der Waals surface area contributed by atoms with Gasteiger partial charge < -0.3 is 16.0 Å². The SMILES string of the molecule is Cc1ccc(NC(=O)c2cccc(NC(=O)NC(C)C)c2)nc1. The topological polar surface area (TPSA) is 83.1 Å². The number of rotatable bonds is 4. The van der Waals surface area contributed by atoms with E-state index in [4.69, 9.17) is 0 Å². The van der Waals surface area contributed by atoms with E-state index in [0.717, 1.165) is 5.56 Å². The number of benzene rings is 1. The highest BCUT2D eigenvalue weighted by Crippen LogP contribution is 2.13. The number of aryl methyl sites for hydroxylation is 1. The van der Waals surface area contributed by atoms with Gasteiger partial charge in [0.2, 0.25) is 0 Å². The minimum Gasteiger partial charge on any atom is -0.336 e. The number of pyridine rings is 1. The average molecular weight is 312 g/mol. The normalized spacial score (nSPS) is 10.3. The Bertz CT molecular complexity index is 696. The van der Waals surface area contributed by atoms with Gasteiger partial charge in [0.1, 0.15) is 5.82 Å². The summed E-state index contributed by atoms with van der Waals surface area (Å²) in [5.74, 6) is 0.200. The number of hydrogen-bond acceptors (Lipinski definition) is 3. The monoisotopic (exact) mass is 312 g/mol. The van der Waals surface area contributed by atoms with Crippen molar-refractivity contribution in [3.05, 3.63) is 53.7 Å². The van der Waals surface area contributed by atoms with Crippen molar-refractivity contribution in [2.75, 3.05) is 10.6 Å². The third-order valence-electron chi connectivity index (χ3n) is 2.96. The molecular formula is C17H20N4O2. The van der Waals surface area contributed by atoms with Gasteiger partial charge in [-0.3, -0.25) is 4.79 Å². The van der Waals surface area contributed by atoms with E-state index >= 15 is 0 Å². The number of carbonyl (C=O) groups is 2. The van der Waals surface area contributed by atoms with Crippen molar-refractivity contribution < 1.29 is 9.59 Å². The molecular weight excluding hydrogens is 292 g/mol. The van der Waals surface area contributed by atoms with Gasteiger partial charge in [0, 0.05) is 23.5 Å². The predicted octanol–water partition coefficient (Wildman–Crippen LogP) is 3.17. The van der Waals surface area contributed by atoms with Crippen LogP contribution in [0.2, 0.25) is 0 Å². The number of aromatic nitrogens is 1. The molecule has 0 saturated heterocycles. The van der Waals surface area contributed by atoms with Crippen LogP contribution in [0.15, 0.2) is 42.6 Å². The highest BCUT2D eigenvalue weighted by Gasteiger charge is 2.09. The minimum atomic E-state index is -0.308. The summed E-state index contributed by atoms with van der Waals surface area (Å²) in [6.07, 6.45) is 1.68. The molecule has 1 heterocycles. The van der Waals surface area contributed by atoms with Crippen LogP contribution in [0.5, 0.6) is 0 Å². The number of anilines is 2. The van der Waals surface area contributed by atoms with Crippen LogP contribution in [0.25, 0.3) is 0 Å². The molecule has 0 aliphatic carbocycles. The van der Waals surface area contributed by atoms with Crippen LogP contribution in [0.3, 0.4) is 0 Å². The molecule has 0 aliphatic heterocycles. The van der Waals surface area contributed by atoms with Crippen LogP contribution in [-0.2, 0) is 0 Å². The van der Waals surface area contributed by atoms with E-state index in [1.165, 1.54) is 0 Å². The van der Waals surface area contributed by atoms with Gasteiger partial charge in [0.05, 0.1) is 0 Å². The molecule has 0 unspecified atom stereocenters. The summed E-state index contributed by atoms with van der Waals surface area (Å²) in [5.41, 5.74) is 2.01. The highest BCUT2D eigenvalue weighted by molar-refractivity contribution is 6.04. The molecule has 0 radical (unpaired) electrons. The Morgan fingerprint density at radius 2 is 1.87 bits per heavy atom. The molecule has 0 spiro atoms. The molecule has 3 N–H and O–H groups in total. The molecule has 1 aromatic heterocycles. The first-order chi connectivity index (χ1) is 10.9. The third-order valence-corrected chi connectivity index (χ3v) is 2.96. The van der Waals surface area contributed by atoms with Gasteiger partial charge in [-0.25, -0.2) is 9.78 Å². The zero-order valence-corrected chi connectivity index (χ0v) is 13.4. The Morgan fingerprint density at radius 3 is 2.52 bits per heavy atom. The Kier molecular flexibility index (Phi) is 5.30.